The van der Waals surface area contributed by atoms with E-state index in [2.05, 4.69) is 13.8 Å². The Morgan fingerprint density at radius 2 is 2.06 bits per heavy atom. The van der Waals surface area contributed by atoms with Gasteiger partial charge in [0.2, 0.25) is 0 Å². The smallest absolute Gasteiger partial charge is 0.309 e. The number of esters is 1. The zero-order valence-corrected chi connectivity index (χ0v) is 10.4. The van der Waals surface area contributed by atoms with E-state index in [0.717, 1.165) is 13.0 Å². The Kier molecular flexibility index (Phi) is 5.77. The first-order valence-corrected chi connectivity index (χ1v) is 5.97. The molecule has 0 spiro atoms. The zero-order chi connectivity index (χ0) is 12.0. The molecule has 0 aromatic carbocycles. The molecule has 2 fully saturated rings. The van der Waals surface area contributed by atoms with E-state index >= 15 is 0 Å². The van der Waals surface area contributed by atoms with E-state index in [-0.39, 0.29) is 18.4 Å². The summed E-state index contributed by atoms with van der Waals surface area (Å²) in [6.07, 6.45) is 4.43. The molecule has 0 aromatic rings. The summed E-state index contributed by atoms with van der Waals surface area (Å²) in [4.78, 5) is 10.2. The molecule has 2 rings (SSSR count). The zero-order valence-electron chi connectivity index (χ0n) is 10.4. The lowest BCUT2D eigenvalue weighted by atomic mass is 10.0. The minimum absolute atomic E-state index is 0.0521. The molecular weight excluding hydrogens is 208 g/mol. The number of ether oxygens (including phenoxy) is 3. The van der Waals surface area contributed by atoms with Gasteiger partial charge >= 0.3 is 5.97 Å². The molecule has 0 bridgehead atoms. The number of rotatable bonds is 2. The lowest BCUT2D eigenvalue weighted by Crippen LogP contribution is -2.36. The normalized spacial score (nSPS) is 28.9. The SMILES string of the molecule is CC(C)C1CC(=O)O1.COC1CCCCO1. The second kappa shape index (κ2) is 6.86. The molecule has 4 heteroatoms. The van der Waals surface area contributed by atoms with Gasteiger partial charge in [-0.3, -0.25) is 4.79 Å². The third-order valence-electron chi connectivity index (χ3n) is 2.80. The molecule has 94 valence electrons. The van der Waals surface area contributed by atoms with Crippen LogP contribution in [0.5, 0.6) is 0 Å². The third-order valence-corrected chi connectivity index (χ3v) is 2.80. The highest BCUT2D eigenvalue weighted by Gasteiger charge is 2.30. The van der Waals surface area contributed by atoms with Crippen LogP contribution in [0.1, 0.15) is 39.5 Å². The fourth-order valence-corrected chi connectivity index (χ4v) is 1.59. The van der Waals surface area contributed by atoms with E-state index in [9.17, 15) is 4.79 Å². The Balaban J connectivity index is 0.000000160. The molecule has 16 heavy (non-hydrogen) atoms. The van der Waals surface area contributed by atoms with Crippen LogP contribution >= 0.6 is 0 Å². The van der Waals surface area contributed by atoms with Gasteiger partial charge < -0.3 is 14.2 Å². The van der Waals surface area contributed by atoms with Crippen molar-refractivity contribution in [2.45, 2.75) is 51.9 Å². The van der Waals surface area contributed by atoms with Crippen molar-refractivity contribution in [1.82, 2.24) is 0 Å². The van der Waals surface area contributed by atoms with Crippen LogP contribution in [-0.4, -0.2) is 32.1 Å². The summed E-state index contributed by atoms with van der Waals surface area (Å²) in [5.74, 6) is 0.441. The molecule has 2 aliphatic rings. The van der Waals surface area contributed by atoms with Crippen molar-refractivity contribution in [3.8, 4) is 0 Å². The van der Waals surface area contributed by atoms with E-state index in [1.165, 1.54) is 12.8 Å². The highest BCUT2D eigenvalue weighted by molar-refractivity contribution is 5.75. The number of hydrogen-bond donors (Lipinski definition) is 0. The molecule has 2 saturated heterocycles. The van der Waals surface area contributed by atoms with Crippen LogP contribution in [0.15, 0.2) is 0 Å². The Morgan fingerprint density at radius 3 is 2.31 bits per heavy atom. The Morgan fingerprint density at radius 1 is 1.38 bits per heavy atom. The van der Waals surface area contributed by atoms with E-state index in [0.29, 0.717) is 12.3 Å². The minimum Gasteiger partial charge on any atom is -0.461 e. The van der Waals surface area contributed by atoms with Gasteiger partial charge in [-0.15, -0.1) is 0 Å². The van der Waals surface area contributed by atoms with E-state index in [1.807, 2.05) is 0 Å². The molecular formula is C12H22O4. The van der Waals surface area contributed by atoms with Crippen LogP contribution in [0.25, 0.3) is 0 Å². The average molecular weight is 230 g/mol. The van der Waals surface area contributed by atoms with Crippen molar-refractivity contribution in [3.63, 3.8) is 0 Å². The maximum Gasteiger partial charge on any atom is 0.309 e. The van der Waals surface area contributed by atoms with Gasteiger partial charge in [0.05, 0.1) is 6.42 Å². The predicted octanol–water partition coefficient (Wildman–Crippen LogP) is 2.12. The van der Waals surface area contributed by atoms with Gasteiger partial charge in [0.15, 0.2) is 6.29 Å². The molecule has 0 amide bonds. The number of cyclic esters (lactones) is 1. The number of carbonyl (C=O) groups excluding carboxylic acids is 1. The lowest BCUT2D eigenvalue weighted by molar-refractivity contribution is -0.173. The highest BCUT2D eigenvalue weighted by Crippen LogP contribution is 2.20. The van der Waals surface area contributed by atoms with Crippen LogP contribution in [0, 0.1) is 5.92 Å². The molecule has 2 aliphatic heterocycles. The summed E-state index contributed by atoms with van der Waals surface area (Å²) in [6, 6.07) is 0. The summed E-state index contributed by atoms with van der Waals surface area (Å²) in [5.41, 5.74) is 0. The molecule has 0 radical (unpaired) electrons. The Hall–Kier alpha value is -0.610. The van der Waals surface area contributed by atoms with Gasteiger partial charge in [0.1, 0.15) is 6.10 Å². The molecule has 2 heterocycles. The lowest BCUT2D eigenvalue weighted by Gasteiger charge is -2.28. The maximum atomic E-state index is 10.2. The van der Waals surface area contributed by atoms with Crippen LogP contribution < -0.4 is 0 Å². The molecule has 0 saturated carbocycles. The van der Waals surface area contributed by atoms with Crippen molar-refractivity contribution >= 4 is 5.97 Å². The molecule has 2 unspecified atom stereocenters. The topological polar surface area (TPSA) is 44.8 Å². The average Bonchev–Trinajstić information content (AvgIpc) is 2.26. The summed E-state index contributed by atoms with van der Waals surface area (Å²) in [5, 5.41) is 0. The van der Waals surface area contributed by atoms with E-state index < -0.39 is 0 Å². The van der Waals surface area contributed by atoms with Crippen molar-refractivity contribution < 1.29 is 19.0 Å². The highest BCUT2D eigenvalue weighted by atomic mass is 16.7. The van der Waals surface area contributed by atoms with Crippen molar-refractivity contribution in [2.24, 2.45) is 5.92 Å². The maximum absolute atomic E-state index is 10.2. The fourth-order valence-electron chi connectivity index (χ4n) is 1.59. The van der Waals surface area contributed by atoms with Gasteiger partial charge in [-0.1, -0.05) is 13.8 Å². The summed E-state index contributed by atoms with van der Waals surface area (Å²) >= 11 is 0. The van der Waals surface area contributed by atoms with Crippen LogP contribution in [0.4, 0.5) is 0 Å². The second-order valence-electron chi connectivity index (χ2n) is 4.51. The van der Waals surface area contributed by atoms with E-state index in [4.69, 9.17) is 14.2 Å². The van der Waals surface area contributed by atoms with Crippen LogP contribution in [-0.2, 0) is 19.0 Å². The van der Waals surface area contributed by atoms with Crippen LogP contribution in [0.3, 0.4) is 0 Å². The third kappa shape index (κ3) is 4.49. The van der Waals surface area contributed by atoms with Crippen molar-refractivity contribution in [3.05, 3.63) is 0 Å². The largest absolute Gasteiger partial charge is 0.461 e. The number of carbonyl (C=O) groups is 1. The quantitative estimate of drug-likeness (QED) is 0.682. The monoisotopic (exact) mass is 230 g/mol. The van der Waals surface area contributed by atoms with Gasteiger partial charge in [-0.25, -0.2) is 0 Å². The van der Waals surface area contributed by atoms with Gasteiger partial charge in [-0.2, -0.15) is 0 Å². The van der Waals surface area contributed by atoms with Crippen LogP contribution in [0.2, 0.25) is 0 Å². The standard InChI is InChI=1S/C6H10O2.C6H12O2/c1-4(2)5-3-6(7)8-5;1-7-6-4-2-3-5-8-6/h4-5H,3H2,1-2H3;6H,2-5H2,1H3. The Labute approximate surface area is 97.2 Å². The summed E-state index contributed by atoms with van der Waals surface area (Å²) in [6.45, 7) is 4.98. The number of hydrogen-bond acceptors (Lipinski definition) is 4. The number of methoxy groups -OCH3 is 1. The summed E-state index contributed by atoms with van der Waals surface area (Å²) < 4.78 is 14.9. The minimum atomic E-state index is -0.0521. The first-order valence-electron chi connectivity index (χ1n) is 5.97. The molecule has 0 aromatic heterocycles. The van der Waals surface area contributed by atoms with E-state index in [1.54, 1.807) is 7.11 Å². The first kappa shape index (κ1) is 13.5. The second-order valence-corrected chi connectivity index (χ2v) is 4.51. The van der Waals surface area contributed by atoms with Crippen molar-refractivity contribution in [2.75, 3.05) is 13.7 Å². The van der Waals surface area contributed by atoms with Crippen molar-refractivity contribution in [1.29, 1.82) is 0 Å². The molecule has 2 atom stereocenters. The van der Waals surface area contributed by atoms with Gasteiger partial charge in [-0.05, 0) is 25.2 Å². The summed E-state index contributed by atoms with van der Waals surface area (Å²) in [7, 11) is 1.69. The molecule has 4 nitrogen and oxygen atoms in total. The first-order chi connectivity index (χ1) is 7.63. The fraction of sp³-hybridized carbons (Fsp3) is 0.917. The molecule has 0 N–H and O–H groups in total. The molecule has 0 aliphatic carbocycles. The predicted molar refractivity (Wildman–Crippen MR) is 59.9 cm³/mol. The van der Waals surface area contributed by atoms with Gasteiger partial charge in [0, 0.05) is 13.7 Å². The van der Waals surface area contributed by atoms with Gasteiger partial charge in [0.25, 0.3) is 0 Å². The Bertz CT molecular complexity index is 201.